The number of guanidine groups is 1. The lowest BCUT2D eigenvalue weighted by atomic mass is 10.2. The Morgan fingerprint density at radius 2 is 2.39 bits per heavy atom. The first-order valence-corrected chi connectivity index (χ1v) is 5.82. The van der Waals surface area contributed by atoms with Crippen molar-refractivity contribution in [1.82, 2.24) is 19.9 Å². The number of hydrogen-bond donors (Lipinski definition) is 2. The highest BCUT2D eigenvalue weighted by Crippen LogP contribution is 2.23. The van der Waals surface area contributed by atoms with Crippen LogP contribution in [0.25, 0.3) is 0 Å². The minimum absolute atomic E-state index is 0.00703. The van der Waals surface area contributed by atoms with E-state index in [1.807, 2.05) is 11.1 Å². The topological polar surface area (TPSA) is 102 Å². The molecule has 2 heterocycles. The molecule has 0 saturated heterocycles. The molecule has 1 atom stereocenters. The standard InChI is InChI=1S/C10H18N6O2/c1-18-5-3-16-9(6-12-10(16)11)8-7-15(2-4-17)14-13-8/h7,9,17H,2-6H2,1H3,(H2,11,12). The molecule has 0 amide bonds. The first-order chi connectivity index (χ1) is 8.76. The van der Waals surface area contributed by atoms with Crippen LogP contribution in [0.15, 0.2) is 11.2 Å². The number of hydrogen-bond acceptors (Lipinski definition) is 7. The molecule has 8 heteroatoms. The Morgan fingerprint density at radius 3 is 3.11 bits per heavy atom. The SMILES string of the molecule is COCCN1C(N)=NCC1c1cn(CCO)nn1. The Labute approximate surface area is 105 Å². The van der Waals surface area contributed by atoms with Gasteiger partial charge in [0.1, 0.15) is 5.69 Å². The summed E-state index contributed by atoms with van der Waals surface area (Å²) in [6.07, 6.45) is 1.81. The van der Waals surface area contributed by atoms with Gasteiger partial charge >= 0.3 is 0 Å². The molecule has 0 fully saturated rings. The van der Waals surface area contributed by atoms with Gasteiger partial charge in [-0.05, 0) is 0 Å². The van der Waals surface area contributed by atoms with E-state index < -0.39 is 0 Å². The number of ether oxygens (including phenoxy) is 1. The Kier molecular flexibility index (Phi) is 4.11. The van der Waals surface area contributed by atoms with Gasteiger partial charge in [0, 0.05) is 13.7 Å². The quantitative estimate of drug-likeness (QED) is 0.646. The summed E-state index contributed by atoms with van der Waals surface area (Å²) in [6, 6.07) is 0.00703. The van der Waals surface area contributed by atoms with Crippen LogP contribution in [0.1, 0.15) is 11.7 Å². The molecule has 0 radical (unpaired) electrons. The molecule has 1 unspecified atom stereocenters. The van der Waals surface area contributed by atoms with Gasteiger partial charge in [0.2, 0.25) is 0 Å². The van der Waals surface area contributed by atoms with E-state index in [1.54, 1.807) is 11.8 Å². The summed E-state index contributed by atoms with van der Waals surface area (Å²) in [4.78, 5) is 6.18. The number of methoxy groups -OCH3 is 1. The predicted molar refractivity (Wildman–Crippen MR) is 64.9 cm³/mol. The summed E-state index contributed by atoms with van der Waals surface area (Å²) < 4.78 is 6.66. The highest BCUT2D eigenvalue weighted by molar-refractivity contribution is 5.80. The van der Waals surface area contributed by atoms with Crippen molar-refractivity contribution in [3.63, 3.8) is 0 Å². The van der Waals surface area contributed by atoms with Crippen LogP contribution in [0.5, 0.6) is 0 Å². The van der Waals surface area contributed by atoms with Crippen LogP contribution in [0.2, 0.25) is 0 Å². The van der Waals surface area contributed by atoms with E-state index in [1.165, 1.54) is 0 Å². The van der Waals surface area contributed by atoms with Gasteiger partial charge in [-0.25, -0.2) is 4.68 Å². The van der Waals surface area contributed by atoms with Crippen molar-refractivity contribution in [2.24, 2.45) is 10.7 Å². The smallest absolute Gasteiger partial charge is 0.192 e. The number of aliphatic imine (C=N–C) groups is 1. The van der Waals surface area contributed by atoms with E-state index in [9.17, 15) is 0 Å². The number of nitrogens with zero attached hydrogens (tertiary/aromatic N) is 5. The molecule has 1 aliphatic heterocycles. The van der Waals surface area contributed by atoms with Crippen molar-refractivity contribution >= 4 is 5.96 Å². The lowest BCUT2D eigenvalue weighted by Crippen LogP contribution is -2.38. The number of rotatable bonds is 6. The largest absolute Gasteiger partial charge is 0.394 e. The molecule has 0 bridgehead atoms. The Bertz CT molecular complexity index is 418. The zero-order valence-corrected chi connectivity index (χ0v) is 10.4. The maximum Gasteiger partial charge on any atom is 0.192 e. The van der Waals surface area contributed by atoms with Gasteiger partial charge in [-0.1, -0.05) is 5.21 Å². The number of aliphatic hydroxyl groups is 1. The van der Waals surface area contributed by atoms with Crippen LogP contribution in [0, 0.1) is 0 Å². The zero-order valence-electron chi connectivity index (χ0n) is 10.4. The molecule has 8 nitrogen and oxygen atoms in total. The molecular formula is C10H18N6O2. The predicted octanol–water partition coefficient (Wildman–Crippen LogP) is -1.41. The van der Waals surface area contributed by atoms with Gasteiger partial charge in [0.25, 0.3) is 0 Å². The molecule has 1 aromatic heterocycles. The van der Waals surface area contributed by atoms with E-state index in [2.05, 4.69) is 15.3 Å². The minimum Gasteiger partial charge on any atom is -0.394 e. The minimum atomic E-state index is 0.00703. The first-order valence-electron chi connectivity index (χ1n) is 5.82. The van der Waals surface area contributed by atoms with Crippen LogP contribution in [0.3, 0.4) is 0 Å². The highest BCUT2D eigenvalue weighted by atomic mass is 16.5. The van der Waals surface area contributed by atoms with Crippen LogP contribution in [-0.4, -0.2) is 64.4 Å². The molecule has 3 N–H and O–H groups in total. The molecule has 0 spiro atoms. The van der Waals surface area contributed by atoms with E-state index in [-0.39, 0.29) is 12.6 Å². The number of aliphatic hydroxyl groups excluding tert-OH is 1. The Balaban J connectivity index is 2.06. The third-order valence-electron chi connectivity index (χ3n) is 2.86. The molecule has 2 rings (SSSR count). The molecule has 1 aliphatic rings. The van der Waals surface area contributed by atoms with E-state index in [0.29, 0.717) is 32.2 Å². The zero-order chi connectivity index (χ0) is 13.0. The highest BCUT2D eigenvalue weighted by Gasteiger charge is 2.29. The second-order valence-electron chi connectivity index (χ2n) is 4.03. The van der Waals surface area contributed by atoms with Gasteiger partial charge in [0.15, 0.2) is 5.96 Å². The van der Waals surface area contributed by atoms with Crippen molar-refractivity contribution in [2.45, 2.75) is 12.6 Å². The lowest BCUT2D eigenvalue weighted by molar-refractivity contribution is 0.166. The summed E-state index contributed by atoms with van der Waals surface area (Å²) >= 11 is 0. The summed E-state index contributed by atoms with van der Waals surface area (Å²) in [6.45, 7) is 2.31. The van der Waals surface area contributed by atoms with E-state index in [0.717, 1.165) is 5.69 Å². The summed E-state index contributed by atoms with van der Waals surface area (Å²) in [5.41, 5.74) is 6.65. The summed E-state index contributed by atoms with van der Waals surface area (Å²) in [5, 5.41) is 16.9. The number of aromatic nitrogens is 3. The molecule has 0 aromatic carbocycles. The fourth-order valence-corrected chi connectivity index (χ4v) is 1.92. The van der Waals surface area contributed by atoms with Crippen molar-refractivity contribution in [3.8, 4) is 0 Å². The van der Waals surface area contributed by atoms with Crippen molar-refractivity contribution in [3.05, 3.63) is 11.9 Å². The Morgan fingerprint density at radius 1 is 1.56 bits per heavy atom. The third-order valence-corrected chi connectivity index (χ3v) is 2.86. The van der Waals surface area contributed by atoms with Crippen molar-refractivity contribution in [2.75, 3.05) is 33.4 Å². The first kappa shape index (κ1) is 12.8. The second kappa shape index (κ2) is 5.78. The van der Waals surface area contributed by atoms with Gasteiger partial charge in [0.05, 0.1) is 38.5 Å². The van der Waals surface area contributed by atoms with Crippen LogP contribution < -0.4 is 5.73 Å². The molecular weight excluding hydrogens is 236 g/mol. The maximum absolute atomic E-state index is 8.85. The normalized spacial score (nSPS) is 19.3. The van der Waals surface area contributed by atoms with E-state index >= 15 is 0 Å². The molecule has 0 aliphatic carbocycles. The molecule has 100 valence electrons. The average Bonchev–Trinajstić information content (AvgIpc) is 2.94. The third kappa shape index (κ3) is 2.59. The fourth-order valence-electron chi connectivity index (χ4n) is 1.92. The molecule has 18 heavy (non-hydrogen) atoms. The van der Waals surface area contributed by atoms with Gasteiger partial charge in [-0.2, -0.15) is 0 Å². The fraction of sp³-hybridized carbons (Fsp3) is 0.700. The van der Waals surface area contributed by atoms with Crippen LogP contribution in [0.4, 0.5) is 0 Å². The van der Waals surface area contributed by atoms with Gasteiger partial charge in [-0.15, -0.1) is 5.10 Å². The lowest BCUT2D eigenvalue weighted by Gasteiger charge is -2.24. The van der Waals surface area contributed by atoms with Crippen molar-refractivity contribution in [1.29, 1.82) is 0 Å². The van der Waals surface area contributed by atoms with E-state index in [4.69, 9.17) is 15.6 Å². The molecule has 1 aromatic rings. The average molecular weight is 254 g/mol. The summed E-state index contributed by atoms with van der Waals surface area (Å²) in [7, 11) is 1.65. The number of nitrogens with two attached hydrogens (primary N) is 1. The van der Waals surface area contributed by atoms with Gasteiger partial charge < -0.3 is 20.5 Å². The van der Waals surface area contributed by atoms with Crippen LogP contribution >= 0.6 is 0 Å². The maximum atomic E-state index is 8.85. The Hall–Kier alpha value is -1.67. The second-order valence-corrected chi connectivity index (χ2v) is 4.03. The van der Waals surface area contributed by atoms with Gasteiger partial charge in [-0.3, -0.25) is 4.99 Å². The summed E-state index contributed by atoms with van der Waals surface area (Å²) in [5.74, 6) is 0.508. The monoisotopic (exact) mass is 254 g/mol. The molecule has 0 saturated carbocycles. The van der Waals surface area contributed by atoms with Crippen LogP contribution in [-0.2, 0) is 11.3 Å². The van der Waals surface area contributed by atoms with Crippen molar-refractivity contribution < 1.29 is 9.84 Å².